The molecular formula is C20H23FN2O3S. The molecule has 3 rings (SSSR count). The lowest BCUT2D eigenvalue weighted by molar-refractivity contribution is 0.0681. The molecule has 1 aliphatic heterocycles. The molecule has 1 amide bonds. The van der Waals surface area contributed by atoms with Gasteiger partial charge in [-0.2, -0.15) is 0 Å². The van der Waals surface area contributed by atoms with Gasteiger partial charge in [0.1, 0.15) is 5.82 Å². The third kappa shape index (κ3) is 4.66. The number of amides is 1. The predicted molar refractivity (Wildman–Crippen MR) is 104 cm³/mol. The Morgan fingerprint density at radius 1 is 1.07 bits per heavy atom. The highest BCUT2D eigenvalue weighted by atomic mass is 32.2. The number of carbonyl (C=O) groups is 1. The monoisotopic (exact) mass is 390 g/mol. The van der Waals surface area contributed by atoms with Crippen molar-refractivity contribution in [1.29, 1.82) is 0 Å². The van der Waals surface area contributed by atoms with Gasteiger partial charge in [-0.25, -0.2) is 12.8 Å². The van der Waals surface area contributed by atoms with Crippen molar-refractivity contribution in [2.24, 2.45) is 0 Å². The van der Waals surface area contributed by atoms with Crippen LogP contribution in [-0.4, -0.2) is 50.9 Å². The van der Waals surface area contributed by atoms with E-state index in [2.05, 4.69) is 0 Å². The molecule has 144 valence electrons. The number of carbonyl (C=O) groups excluding carboxylic acids is 1. The first-order chi connectivity index (χ1) is 12.7. The van der Waals surface area contributed by atoms with E-state index in [9.17, 15) is 17.6 Å². The third-order valence-electron chi connectivity index (χ3n) is 4.81. The summed E-state index contributed by atoms with van der Waals surface area (Å²) in [6.07, 6.45) is 0.422. The number of rotatable bonds is 5. The lowest BCUT2D eigenvalue weighted by Crippen LogP contribution is -2.40. The van der Waals surface area contributed by atoms with Gasteiger partial charge in [-0.3, -0.25) is 4.79 Å². The van der Waals surface area contributed by atoms with E-state index in [1.54, 1.807) is 4.90 Å². The fourth-order valence-electron chi connectivity index (χ4n) is 3.24. The van der Waals surface area contributed by atoms with E-state index in [0.717, 1.165) is 11.3 Å². The number of halogens is 1. The van der Waals surface area contributed by atoms with Gasteiger partial charge in [0.25, 0.3) is 5.91 Å². The van der Waals surface area contributed by atoms with Gasteiger partial charge in [-0.1, -0.05) is 12.1 Å². The quantitative estimate of drug-likeness (QED) is 0.788. The summed E-state index contributed by atoms with van der Waals surface area (Å²) in [7, 11) is 0.761. The molecule has 0 aromatic heterocycles. The second-order valence-electron chi connectivity index (χ2n) is 7.06. The van der Waals surface area contributed by atoms with Crippen LogP contribution >= 0.6 is 0 Å². The van der Waals surface area contributed by atoms with Crippen LogP contribution in [0.3, 0.4) is 0 Å². The molecule has 1 saturated heterocycles. The number of sulfone groups is 1. The van der Waals surface area contributed by atoms with Crippen LogP contribution in [0.25, 0.3) is 0 Å². The molecule has 2 aromatic carbocycles. The van der Waals surface area contributed by atoms with Gasteiger partial charge in [0.05, 0.1) is 11.5 Å². The first-order valence-corrected chi connectivity index (χ1v) is 10.6. The highest BCUT2D eigenvalue weighted by molar-refractivity contribution is 7.91. The minimum absolute atomic E-state index is 0.0320. The standard InChI is InChI=1S/C20H23FN2O3S/c1-22(2)18-9-3-15(4-10-18)13-23(19-11-12-27(25,26)14-19)20(24)16-5-7-17(21)8-6-16/h3-10,19H,11-14H2,1-2H3/t19-/m1/s1. The Balaban J connectivity index is 1.87. The average molecular weight is 390 g/mol. The van der Waals surface area contributed by atoms with Crippen LogP contribution in [-0.2, 0) is 16.4 Å². The van der Waals surface area contributed by atoms with Crippen LogP contribution in [0.2, 0.25) is 0 Å². The average Bonchev–Trinajstić information content (AvgIpc) is 2.99. The second kappa shape index (κ2) is 7.68. The molecule has 0 spiro atoms. The van der Waals surface area contributed by atoms with Gasteiger partial charge in [-0.15, -0.1) is 0 Å². The molecule has 27 heavy (non-hydrogen) atoms. The van der Waals surface area contributed by atoms with E-state index in [1.807, 2.05) is 43.3 Å². The third-order valence-corrected chi connectivity index (χ3v) is 6.56. The normalized spacial score (nSPS) is 18.3. The van der Waals surface area contributed by atoms with E-state index in [-0.39, 0.29) is 23.5 Å². The largest absolute Gasteiger partial charge is 0.378 e. The highest BCUT2D eigenvalue weighted by Crippen LogP contribution is 2.23. The van der Waals surface area contributed by atoms with Crippen molar-refractivity contribution in [3.05, 3.63) is 65.5 Å². The van der Waals surface area contributed by atoms with Crippen molar-refractivity contribution in [2.45, 2.75) is 19.0 Å². The summed E-state index contributed by atoms with van der Waals surface area (Å²) in [5, 5.41) is 0. The van der Waals surface area contributed by atoms with Gasteiger partial charge in [-0.05, 0) is 48.4 Å². The van der Waals surface area contributed by atoms with Crippen LogP contribution in [0.5, 0.6) is 0 Å². The summed E-state index contributed by atoms with van der Waals surface area (Å²) in [5.41, 5.74) is 2.31. The maximum atomic E-state index is 13.2. The molecule has 7 heteroatoms. The van der Waals surface area contributed by atoms with E-state index in [0.29, 0.717) is 18.5 Å². The Morgan fingerprint density at radius 2 is 1.70 bits per heavy atom. The maximum absolute atomic E-state index is 13.2. The van der Waals surface area contributed by atoms with Crippen molar-refractivity contribution < 1.29 is 17.6 Å². The van der Waals surface area contributed by atoms with Crippen molar-refractivity contribution in [1.82, 2.24) is 4.90 Å². The van der Waals surface area contributed by atoms with Crippen LogP contribution in [0.1, 0.15) is 22.3 Å². The minimum atomic E-state index is -3.13. The fourth-order valence-corrected chi connectivity index (χ4v) is 4.97. The van der Waals surface area contributed by atoms with Gasteiger partial charge in [0.15, 0.2) is 9.84 Å². The molecule has 1 heterocycles. The molecule has 0 N–H and O–H groups in total. The number of hydrogen-bond donors (Lipinski definition) is 0. The van der Waals surface area contributed by atoms with E-state index < -0.39 is 15.7 Å². The van der Waals surface area contributed by atoms with Crippen molar-refractivity contribution >= 4 is 21.4 Å². The first kappa shape index (κ1) is 19.4. The number of nitrogens with zero attached hydrogens (tertiary/aromatic N) is 2. The molecule has 1 atom stereocenters. The summed E-state index contributed by atoms with van der Waals surface area (Å²) in [4.78, 5) is 16.6. The van der Waals surface area contributed by atoms with E-state index in [4.69, 9.17) is 0 Å². The molecule has 0 unspecified atom stereocenters. The van der Waals surface area contributed by atoms with Crippen LogP contribution < -0.4 is 4.90 Å². The molecule has 2 aromatic rings. The molecule has 0 aliphatic carbocycles. The topological polar surface area (TPSA) is 57.7 Å². The Hall–Kier alpha value is -2.41. The number of benzene rings is 2. The molecule has 0 bridgehead atoms. The maximum Gasteiger partial charge on any atom is 0.254 e. The number of hydrogen-bond acceptors (Lipinski definition) is 4. The van der Waals surface area contributed by atoms with Gasteiger partial charge < -0.3 is 9.80 Å². The zero-order chi connectivity index (χ0) is 19.6. The van der Waals surface area contributed by atoms with Crippen molar-refractivity contribution in [3.8, 4) is 0 Å². The Kier molecular flexibility index (Phi) is 5.51. The first-order valence-electron chi connectivity index (χ1n) is 8.78. The molecule has 1 aliphatic rings. The van der Waals surface area contributed by atoms with Crippen molar-refractivity contribution in [2.75, 3.05) is 30.5 Å². The van der Waals surface area contributed by atoms with Crippen molar-refractivity contribution in [3.63, 3.8) is 0 Å². The Morgan fingerprint density at radius 3 is 2.22 bits per heavy atom. The lowest BCUT2D eigenvalue weighted by atomic mass is 10.1. The smallest absolute Gasteiger partial charge is 0.254 e. The molecule has 0 saturated carbocycles. The molecular weight excluding hydrogens is 367 g/mol. The molecule has 5 nitrogen and oxygen atoms in total. The van der Waals surface area contributed by atoms with Crippen LogP contribution in [0.15, 0.2) is 48.5 Å². The summed E-state index contributed by atoms with van der Waals surface area (Å²) >= 11 is 0. The predicted octanol–water partition coefficient (Wildman–Crippen LogP) is 2.72. The van der Waals surface area contributed by atoms with E-state index in [1.165, 1.54) is 24.3 Å². The molecule has 0 radical (unpaired) electrons. The fraction of sp³-hybridized carbons (Fsp3) is 0.350. The summed E-state index contributed by atoms with van der Waals surface area (Å²) in [6.45, 7) is 0.310. The minimum Gasteiger partial charge on any atom is -0.378 e. The summed E-state index contributed by atoms with van der Waals surface area (Å²) in [5.74, 6) is -0.644. The zero-order valence-electron chi connectivity index (χ0n) is 15.4. The number of anilines is 1. The second-order valence-corrected chi connectivity index (χ2v) is 9.29. The lowest BCUT2D eigenvalue weighted by Gasteiger charge is -2.29. The Bertz CT molecular complexity index is 909. The summed E-state index contributed by atoms with van der Waals surface area (Å²) in [6, 6.07) is 12.8. The Labute approximate surface area is 159 Å². The highest BCUT2D eigenvalue weighted by Gasteiger charge is 2.35. The van der Waals surface area contributed by atoms with Crippen LogP contribution in [0, 0.1) is 5.82 Å². The van der Waals surface area contributed by atoms with Gasteiger partial charge in [0, 0.05) is 37.9 Å². The van der Waals surface area contributed by atoms with Gasteiger partial charge >= 0.3 is 0 Å². The van der Waals surface area contributed by atoms with E-state index >= 15 is 0 Å². The zero-order valence-corrected chi connectivity index (χ0v) is 16.2. The SMILES string of the molecule is CN(C)c1ccc(CN(C(=O)c2ccc(F)cc2)[C@@H]2CCS(=O)(=O)C2)cc1. The van der Waals surface area contributed by atoms with Crippen LogP contribution in [0.4, 0.5) is 10.1 Å². The summed E-state index contributed by atoms with van der Waals surface area (Å²) < 4.78 is 37.1. The van der Waals surface area contributed by atoms with Gasteiger partial charge in [0.2, 0.25) is 0 Å². The molecule has 1 fully saturated rings.